The topological polar surface area (TPSA) is 0 Å². The molecule has 2 fully saturated rings. The molecule has 2 rings (SSSR count). The molecule has 0 heterocycles. The SMILES string of the molecule is CCC1(I)CC2CCC1C2. The number of halogens is 1. The lowest BCUT2D eigenvalue weighted by Gasteiger charge is -2.30. The summed E-state index contributed by atoms with van der Waals surface area (Å²) < 4.78 is 0.723. The molecule has 10 heavy (non-hydrogen) atoms. The Bertz CT molecular complexity index is 144. The van der Waals surface area contributed by atoms with Crippen LogP contribution < -0.4 is 0 Å². The van der Waals surface area contributed by atoms with Gasteiger partial charge in [0.1, 0.15) is 0 Å². The van der Waals surface area contributed by atoms with Crippen LogP contribution in [0.15, 0.2) is 0 Å². The van der Waals surface area contributed by atoms with Crippen molar-refractivity contribution in [1.29, 1.82) is 0 Å². The average Bonchev–Trinajstić information content (AvgIpc) is 2.46. The quantitative estimate of drug-likeness (QED) is 0.494. The number of alkyl halides is 1. The Morgan fingerprint density at radius 2 is 2.30 bits per heavy atom. The maximum Gasteiger partial charge on any atom is 0.0250 e. The number of hydrogen-bond acceptors (Lipinski definition) is 0. The van der Waals surface area contributed by atoms with Crippen molar-refractivity contribution >= 4 is 22.6 Å². The molecule has 2 bridgehead atoms. The minimum Gasteiger partial charge on any atom is -0.0786 e. The molecule has 58 valence electrons. The molecule has 1 heteroatoms. The van der Waals surface area contributed by atoms with Crippen LogP contribution in [-0.4, -0.2) is 3.42 Å². The number of fused-ring (bicyclic) bond motifs is 2. The van der Waals surface area contributed by atoms with Gasteiger partial charge in [-0.3, -0.25) is 0 Å². The molecule has 0 radical (unpaired) electrons. The van der Waals surface area contributed by atoms with E-state index >= 15 is 0 Å². The standard InChI is InChI=1S/C9H15I/c1-2-9(10)6-7-3-4-8(9)5-7/h7-8H,2-6H2,1H3. The highest BCUT2D eigenvalue weighted by Gasteiger charge is 2.47. The molecular weight excluding hydrogens is 235 g/mol. The largest absolute Gasteiger partial charge is 0.0786 e. The Balaban J connectivity index is 2.14. The summed E-state index contributed by atoms with van der Waals surface area (Å²) >= 11 is 2.72. The third kappa shape index (κ3) is 0.926. The molecule has 0 nitrogen and oxygen atoms in total. The summed E-state index contributed by atoms with van der Waals surface area (Å²) in [6.07, 6.45) is 7.54. The van der Waals surface area contributed by atoms with Gasteiger partial charge in [-0.2, -0.15) is 0 Å². The molecule has 0 aromatic rings. The fourth-order valence-corrected chi connectivity index (χ4v) is 4.00. The monoisotopic (exact) mass is 250 g/mol. The zero-order chi connectivity index (χ0) is 7.19. The molecule has 0 aliphatic heterocycles. The van der Waals surface area contributed by atoms with E-state index in [4.69, 9.17) is 0 Å². The van der Waals surface area contributed by atoms with Crippen molar-refractivity contribution in [3.05, 3.63) is 0 Å². The van der Waals surface area contributed by atoms with Gasteiger partial charge in [0.25, 0.3) is 0 Å². The lowest BCUT2D eigenvalue weighted by molar-refractivity contribution is 0.384. The van der Waals surface area contributed by atoms with E-state index in [-0.39, 0.29) is 0 Å². The third-order valence-corrected chi connectivity index (χ3v) is 5.57. The zero-order valence-electron chi connectivity index (χ0n) is 6.57. The van der Waals surface area contributed by atoms with E-state index in [1.807, 2.05) is 0 Å². The molecule has 2 saturated carbocycles. The Morgan fingerprint density at radius 1 is 1.50 bits per heavy atom. The van der Waals surface area contributed by atoms with Crippen molar-refractivity contribution in [3.63, 3.8) is 0 Å². The highest BCUT2D eigenvalue weighted by atomic mass is 127. The molecule has 3 unspecified atom stereocenters. The molecule has 0 spiro atoms. The van der Waals surface area contributed by atoms with Gasteiger partial charge in [-0.15, -0.1) is 0 Å². The van der Waals surface area contributed by atoms with Crippen LogP contribution in [0.25, 0.3) is 0 Å². The molecule has 3 atom stereocenters. The van der Waals surface area contributed by atoms with Gasteiger partial charge >= 0.3 is 0 Å². The second-order valence-electron chi connectivity index (χ2n) is 3.97. The third-order valence-electron chi connectivity index (χ3n) is 3.49. The van der Waals surface area contributed by atoms with E-state index in [0.717, 1.165) is 15.3 Å². The van der Waals surface area contributed by atoms with Crippen LogP contribution in [0.4, 0.5) is 0 Å². The Kier molecular flexibility index (Phi) is 1.74. The second kappa shape index (κ2) is 2.36. The van der Waals surface area contributed by atoms with E-state index in [1.54, 1.807) is 6.42 Å². The fourth-order valence-electron chi connectivity index (χ4n) is 2.81. The van der Waals surface area contributed by atoms with E-state index in [1.165, 1.54) is 25.7 Å². The molecule has 0 amide bonds. The van der Waals surface area contributed by atoms with Gasteiger partial charge in [-0.1, -0.05) is 35.9 Å². The highest BCUT2D eigenvalue weighted by molar-refractivity contribution is 14.1. The van der Waals surface area contributed by atoms with Gasteiger partial charge in [-0.25, -0.2) is 0 Å². The van der Waals surface area contributed by atoms with Gasteiger partial charge in [0.05, 0.1) is 0 Å². The molecule has 0 saturated heterocycles. The van der Waals surface area contributed by atoms with Crippen molar-refractivity contribution < 1.29 is 0 Å². The van der Waals surface area contributed by atoms with Crippen molar-refractivity contribution in [1.82, 2.24) is 0 Å². The summed E-state index contributed by atoms with van der Waals surface area (Å²) in [4.78, 5) is 0. The first-order chi connectivity index (χ1) is 4.74. The Labute approximate surface area is 76.9 Å². The van der Waals surface area contributed by atoms with Gasteiger partial charge in [0, 0.05) is 3.42 Å². The molecule has 2 aliphatic carbocycles. The van der Waals surface area contributed by atoms with Gasteiger partial charge < -0.3 is 0 Å². The first kappa shape index (κ1) is 7.38. The second-order valence-corrected chi connectivity index (χ2v) is 6.12. The first-order valence-electron chi connectivity index (χ1n) is 4.43. The highest BCUT2D eigenvalue weighted by Crippen LogP contribution is 2.56. The number of rotatable bonds is 1. The summed E-state index contributed by atoms with van der Waals surface area (Å²) in [6.45, 7) is 2.35. The minimum absolute atomic E-state index is 0.723. The predicted molar refractivity (Wildman–Crippen MR) is 52.5 cm³/mol. The van der Waals surface area contributed by atoms with Crippen LogP contribution in [0.5, 0.6) is 0 Å². The van der Waals surface area contributed by atoms with Crippen molar-refractivity contribution in [3.8, 4) is 0 Å². The predicted octanol–water partition coefficient (Wildman–Crippen LogP) is 3.39. The van der Waals surface area contributed by atoms with Crippen molar-refractivity contribution in [2.75, 3.05) is 0 Å². The van der Waals surface area contributed by atoms with Crippen LogP contribution in [0.3, 0.4) is 0 Å². The molecular formula is C9H15I. The summed E-state index contributed by atoms with van der Waals surface area (Å²) in [5.41, 5.74) is 0. The molecule has 0 aromatic carbocycles. The smallest absolute Gasteiger partial charge is 0.0250 e. The summed E-state index contributed by atoms with van der Waals surface area (Å²) in [5.74, 6) is 2.20. The Morgan fingerprint density at radius 3 is 2.60 bits per heavy atom. The van der Waals surface area contributed by atoms with Crippen LogP contribution >= 0.6 is 22.6 Å². The van der Waals surface area contributed by atoms with Gasteiger partial charge in [0.15, 0.2) is 0 Å². The molecule has 2 aliphatic rings. The first-order valence-corrected chi connectivity index (χ1v) is 5.51. The van der Waals surface area contributed by atoms with Gasteiger partial charge in [0.2, 0.25) is 0 Å². The minimum atomic E-state index is 0.723. The normalized spacial score (nSPS) is 52.2. The average molecular weight is 250 g/mol. The molecule has 0 N–H and O–H groups in total. The van der Waals surface area contributed by atoms with Crippen LogP contribution in [0.2, 0.25) is 0 Å². The van der Waals surface area contributed by atoms with E-state index in [9.17, 15) is 0 Å². The number of hydrogen-bond donors (Lipinski definition) is 0. The lowest BCUT2D eigenvalue weighted by Crippen LogP contribution is -2.26. The van der Waals surface area contributed by atoms with E-state index in [0.29, 0.717) is 0 Å². The lowest BCUT2D eigenvalue weighted by atomic mass is 9.87. The van der Waals surface area contributed by atoms with Crippen molar-refractivity contribution in [2.24, 2.45) is 11.8 Å². The summed E-state index contributed by atoms with van der Waals surface area (Å²) in [7, 11) is 0. The Hall–Kier alpha value is 0.730. The van der Waals surface area contributed by atoms with Crippen molar-refractivity contribution in [2.45, 2.75) is 42.4 Å². The summed E-state index contributed by atoms with van der Waals surface area (Å²) in [6, 6.07) is 0. The van der Waals surface area contributed by atoms with E-state index in [2.05, 4.69) is 29.5 Å². The van der Waals surface area contributed by atoms with E-state index < -0.39 is 0 Å². The van der Waals surface area contributed by atoms with Crippen LogP contribution in [-0.2, 0) is 0 Å². The van der Waals surface area contributed by atoms with Crippen LogP contribution in [0, 0.1) is 11.8 Å². The maximum atomic E-state index is 2.72. The maximum absolute atomic E-state index is 2.72. The van der Waals surface area contributed by atoms with Crippen LogP contribution in [0.1, 0.15) is 39.0 Å². The zero-order valence-corrected chi connectivity index (χ0v) is 8.73. The summed E-state index contributed by atoms with van der Waals surface area (Å²) in [5, 5.41) is 0. The fraction of sp³-hybridized carbons (Fsp3) is 1.00. The molecule has 0 aromatic heterocycles. The van der Waals surface area contributed by atoms with Gasteiger partial charge in [-0.05, 0) is 37.5 Å².